The molecule has 0 aliphatic heterocycles. The molecule has 1 aromatic carbocycles. The van der Waals surface area contributed by atoms with Crippen molar-refractivity contribution in [3.8, 4) is 0 Å². The number of nitrogens with one attached hydrogen (secondary N) is 1. The van der Waals surface area contributed by atoms with Crippen molar-refractivity contribution in [1.82, 2.24) is 4.72 Å². The zero-order valence-electron chi connectivity index (χ0n) is 12.2. The Kier molecular flexibility index (Phi) is 6.88. The average Bonchev–Trinajstić information content (AvgIpc) is 2.45. The van der Waals surface area contributed by atoms with Crippen LogP contribution in [0.25, 0.3) is 0 Å². The fourth-order valence-electron chi connectivity index (χ4n) is 1.77. The van der Waals surface area contributed by atoms with Gasteiger partial charge in [-0.15, -0.1) is 0 Å². The summed E-state index contributed by atoms with van der Waals surface area (Å²) in [6.07, 6.45) is 4.09. The summed E-state index contributed by atoms with van der Waals surface area (Å²) in [5, 5.41) is 0. The first-order chi connectivity index (χ1) is 9.51. The molecule has 0 aromatic heterocycles. The lowest BCUT2D eigenvalue weighted by Gasteiger charge is -2.07. The quantitative estimate of drug-likeness (QED) is 0.562. The second-order valence-electron chi connectivity index (χ2n) is 4.80. The van der Waals surface area contributed by atoms with Crippen molar-refractivity contribution < 1.29 is 13.2 Å². The van der Waals surface area contributed by atoms with E-state index in [1.165, 1.54) is 12.1 Å². The van der Waals surface area contributed by atoms with Crippen molar-refractivity contribution in [3.63, 3.8) is 0 Å². The average molecular weight is 297 g/mol. The third-order valence-corrected chi connectivity index (χ3v) is 4.54. The molecule has 20 heavy (non-hydrogen) atoms. The number of hydrogen-bond acceptors (Lipinski definition) is 3. The van der Waals surface area contributed by atoms with Crippen LogP contribution in [-0.4, -0.2) is 20.7 Å². The van der Waals surface area contributed by atoms with E-state index in [4.69, 9.17) is 0 Å². The van der Waals surface area contributed by atoms with E-state index in [0.29, 0.717) is 18.5 Å². The van der Waals surface area contributed by atoms with Gasteiger partial charge in [0.25, 0.3) is 0 Å². The van der Waals surface area contributed by atoms with Gasteiger partial charge < -0.3 is 0 Å². The van der Waals surface area contributed by atoms with Crippen molar-refractivity contribution >= 4 is 15.8 Å². The van der Waals surface area contributed by atoms with Crippen LogP contribution in [0.1, 0.15) is 56.3 Å². The summed E-state index contributed by atoms with van der Waals surface area (Å²) in [7, 11) is -3.45. The van der Waals surface area contributed by atoms with E-state index in [1.807, 2.05) is 13.8 Å². The van der Waals surface area contributed by atoms with Gasteiger partial charge in [-0.3, -0.25) is 4.79 Å². The minimum atomic E-state index is -3.45. The number of unbranched alkanes of at least 4 members (excludes halogenated alkanes) is 2. The Morgan fingerprint density at radius 2 is 1.65 bits per heavy atom. The Hall–Kier alpha value is -1.20. The summed E-state index contributed by atoms with van der Waals surface area (Å²) in [4.78, 5) is 12.0. The van der Waals surface area contributed by atoms with Gasteiger partial charge >= 0.3 is 0 Å². The van der Waals surface area contributed by atoms with Crippen molar-refractivity contribution in [3.05, 3.63) is 29.8 Å². The first kappa shape index (κ1) is 16.9. The van der Waals surface area contributed by atoms with Crippen LogP contribution in [0.15, 0.2) is 29.2 Å². The van der Waals surface area contributed by atoms with Gasteiger partial charge in [0.1, 0.15) is 0 Å². The van der Waals surface area contributed by atoms with E-state index >= 15 is 0 Å². The van der Waals surface area contributed by atoms with Crippen molar-refractivity contribution in [2.24, 2.45) is 0 Å². The van der Waals surface area contributed by atoms with Gasteiger partial charge in [0.15, 0.2) is 5.78 Å². The molecule has 0 aliphatic carbocycles. The number of rotatable bonds is 9. The van der Waals surface area contributed by atoms with Crippen molar-refractivity contribution in [2.45, 2.75) is 50.8 Å². The predicted molar refractivity (Wildman–Crippen MR) is 80.4 cm³/mol. The zero-order chi connectivity index (χ0) is 15.0. The van der Waals surface area contributed by atoms with Crippen LogP contribution in [0.2, 0.25) is 0 Å². The van der Waals surface area contributed by atoms with Gasteiger partial charge in [0, 0.05) is 18.5 Å². The molecule has 5 heteroatoms. The van der Waals surface area contributed by atoms with E-state index in [2.05, 4.69) is 4.72 Å². The van der Waals surface area contributed by atoms with E-state index in [9.17, 15) is 13.2 Å². The van der Waals surface area contributed by atoms with Gasteiger partial charge in [0.05, 0.1) is 4.90 Å². The molecule has 0 radical (unpaired) electrons. The molecule has 1 N–H and O–H groups in total. The number of ketones is 1. The standard InChI is InChI=1S/C15H23NO3S/c1-3-5-7-15(17)13-8-10-14(11-9-13)20(18,19)16-12-6-4-2/h8-11,16H,3-7,12H2,1-2H3. The Morgan fingerprint density at radius 1 is 1.05 bits per heavy atom. The Bertz CT molecular complexity index is 521. The van der Waals surface area contributed by atoms with Crippen molar-refractivity contribution in [1.29, 1.82) is 0 Å². The Balaban J connectivity index is 2.72. The van der Waals surface area contributed by atoms with Crippen LogP contribution in [0.5, 0.6) is 0 Å². The summed E-state index contributed by atoms with van der Waals surface area (Å²) in [5.74, 6) is 0.0646. The number of carbonyl (C=O) groups is 1. The molecule has 1 aromatic rings. The first-order valence-electron chi connectivity index (χ1n) is 7.14. The molecule has 0 saturated carbocycles. The maximum absolute atomic E-state index is 12.0. The Morgan fingerprint density at radius 3 is 2.20 bits per heavy atom. The Labute approximate surface area is 121 Å². The highest BCUT2D eigenvalue weighted by molar-refractivity contribution is 7.89. The molecule has 0 atom stereocenters. The zero-order valence-corrected chi connectivity index (χ0v) is 13.0. The number of Topliss-reactive ketones (excluding diaryl/α,β-unsaturated/α-hetero) is 1. The predicted octanol–water partition coefficient (Wildman–Crippen LogP) is 3.14. The highest BCUT2D eigenvalue weighted by atomic mass is 32.2. The maximum Gasteiger partial charge on any atom is 0.240 e. The van der Waals surface area contributed by atoms with Crippen LogP contribution in [0, 0.1) is 0 Å². The minimum Gasteiger partial charge on any atom is -0.294 e. The molecule has 0 saturated heterocycles. The summed E-state index contributed by atoms with van der Waals surface area (Å²) >= 11 is 0. The highest BCUT2D eigenvalue weighted by Crippen LogP contribution is 2.13. The molecular weight excluding hydrogens is 274 g/mol. The summed E-state index contributed by atoms with van der Waals surface area (Å²) in [5.41, 5.74) is 0.575. The summed E-state index contributed by atoms with van der Waals surface area (Å²) in [6.45, 7) is 4.48. The van der Waals surface area contributed by atoms with E-state index in [0.717, 1.165) is 25.7 Å². The first-order valence-corrected chi connectivity index (χ1v) is 8.62. The van der Waals surface area contributed by atoms with E-state index < -0.39 is 10.0 Å². The van der Waals surface area contributed by atoms with Gasteiger partial charge in [-0.05, 0) is 25.0 Å². The molecule has 0 spiro atoms. The highest BCUT2D eigenvalue weighted by Gasteiger charge is 2.14. The van der Waals surface area contributed by atoms with Crippen LogP contribution in [-0.2, 0) is 10.0 Å². The molecule has 1 rings (SSSR count). The van der Waals surface area contributed by atoms with Crippen LogP contribution in [0.4, 0.5) is 0 Å². The lowest BCUT2D eigenvalue weighted by Crippen LogP contribution is -2.24. The number of sulfonamides is 1. The number of hydrogen-bond donors (Lipinski definition) is 1. The molecule has 0 heterocycles. The van der Waals surface area contributed by atoms with E-state index in [1.54, 1.807) is 12.1 Å². The second kappa shape index (κ2) is 8.17. The monoisotopic (exact) mass is 297 g/mol. The number of benzene rings is 1. The molecule has 0 unspecified atom stereocenters. The van der Waals surface area contributed by atoms with Gasteiger partial charge in [-0.1, -0.05) is 38.8 Å². The molecule has 0 amide bonds. The molecule has 4 nitrogen and oxygen atoms in total. The van der Waals surface area contributed by atoms with Gasteiger partial charge in [-0.25, -0.2) is 13.1 Å². The second-order valence-corrected chi connectivity index (χ2v) is 6.57. The normalized spacial score (nSPS) is 11.5. The summed E-state index contributed by atoms with van der Waals surface area (Å²) in [6, 6.07) is 6.17. The minimum absolute atomic E-state index is 0.0646. The van der Waals surface area contributed by atoms with Gasteiger partial charge in [-0.2, -0.15) is 0 Å². The molecular formula is C15H23NO3S. The van der Waals surface area contributed by atoms with E-state index in [-0.39, 0.29) is 10.7 Å². The molecule has 112 valence electrons. The maximum atomic E-state index is 12.0. The van der Waals surface area contributed by atoms with Gasteiger partial charge in [0.2, 0.25) is 10.0 Å². The third kappa shape index (κ3) is 5.06. The fourth-order valence-corrected chi connectivity index (χ4v) is 2.84. The molecule has 0 aliphatic rings. The fraction of sp³-hybridized carbons (Fsp3) is 0.533. The topological polar surface area (TPSA) is 63.2 Å². The summed E-state index contributed by atoms with van der Waals surface area (Å²) < 4.78 is 26.5. The van der Waals surface area contributed by atoms with Crippen LogP contribution < -0.4 is 4.72 Å². The van der Waals surface area contributed by atoms with Crippen LogP contribution >= 0.6 is 0 Å². The number of carbonyl (C=O) groups excluding carboxylic acids is 1. The van der Waals surface area contributed by atoms with Crippen LogP contribution in [0.3, 0.4) is 0 Å². The molecule has 0 fully saturated rings. The smallest absolute Gasteiger partial charge is 0.240 e. The van der Waals surface area contributed by atoms with Crippen molar-refractivity contribution in [2.75, 3.05) is 6.54 Å². The third-order valence-electron chi connectivity index (χ3n) is 3.07. The molecule has 0 bridgehead atoms. The SMILES string of the molecule is CCCCNS(=O)(=O)c1ccc(C(=O)CCCC)cc1. The lowest BCUT2D eigenvalue weighted by molar-refractivity contribution is 0.0979. The lowest BCUT2D eigenvalue weighted by atomic mass is 10.1. The largest absolute Gasteiger partial charge is 0.294 e.